The number of aromatic nitrogens is 1. The first-order valence-electron chi connectivity index (χ1n) is 12.6. The van der Waals surface area contributed by atoms with Crippen molar-refractivity contribution >= 4 is 17.7 Å². The minimum atomic E-state index is -1.24. The molecular formula is C27H35N5O3. The lowest BCUT2D eigenvalue weighted by Crippen LogP contribution is -2.58. The molecule has 0 spiro atoms. The lowest BCUT2D eigenvalue weighted by molar-refractivity contribution is -0.146. The first-order valence-corrected chi connectivity index (χ1v) is 12.6. The van der Waals surface area contributed by atoms with Crippen molar-refractivity contribution in [1.29, 1.82) is 0 Å². The van der Waals surface area contributed by atoms with Crippen LogP contribution < -0.4 is 16.4 Å². The maximum atomic E-state index is 14.1. The quantitative estimate of drug-likeness (QED) is 0.477. The van der Waals surface area contributed by atoms with E-state index in [2.05, 4.69) is 15.6 Å². The van der Waals surface area contributed by atoms with Gasteiger partial charge in [-0.2, -0.15) is 0 Å². The number of carbonyl (C=O) groups is 3. The van der Waals surface area contributed by atoms with Crippen molar-refractivity contribution in [3.63, 3.8) is 0 Å². The van der Waals surface area contributed by atoms with E-state index in [1.165, 1.54) is 0 Å². The Balaban J connectivity index is 1.63. The molecule has 1 aliphatic heterocycles. The number of nitrogens with two attached hydrogens (primary N) is 1. The average molecular weight is 478 g/mol. The molecule has 1 aliphatic carbocycles. The van der Waals surface area contributed by atoms with Crippen LogP contribution in [-0.4, -0.2) is 52.8 Å². The fourth-order valence-electron chi connectivity index (χ4n) is 5.28. The van der Waals surface area contributed by atoms with Crippen LogP contribution in [0.2, 0.25) is 0 Å². The van der Waals surface area contributed by atoms with Gasteiger partial charge in [0.1, 0.15) is 11.5 Å². The van der Waals surface area contributed by atoms with E-state index in [4.69, 9.17) is 5.73 Å². The average Bonchev–Trinajstić information content (AvgIpc) is 3.40. The van der Waals surface area contributed by atoms with E-state index >= 15 is 0 Å². The molecule has 8 heteroatoms. The van der Waals surface area contributed by atoms with E-state index in [9.17, 15) is 14.4 Å². The zero-order valence-electron chi connectivity index (χ0n) is 20.1. The van der Waals surface area contributed by atoms with Crippen molar-refractivity contribution in [2.24, 2.45) is 11.1 Å². The van der Waals surface area contributed by atoms with Crippen LogP contribution in [-0.2, 0) is 27.3 Å². The summed E-state index contributed by atoms with van der Waals surface area (Å²) in [5, 5.41) is 6.32. The predicted molar refractivity (Wildman–Crippen MR) is 133 cm³/mol. The molecule has 4 N–H and O–H groups in total. The number of hydrogen-bond donors (Lipinski definition) is 3. The first kappa shape index (κ1) is 24.9. The molecule has 2 aliphatic rings. The number of nitrogens with one attached hydrogen (secondary N) is 2. The second-order valence-corrected chi connectivity index (χ2v) is 9.64. The molecule has 2 heterocycles. The zero-order valence-corrected chi connectivity index (χ0v) is 20.1. The molecular weight excluding hydrogens is 442 g/mol. The highest BCUT2D eigenvalue weighted by atomic mass is 16.2. The highest BCUT2D eigenvalue weighted by Gasteiger charge is 2.48. The highest BCUT2D eigenvalue weighted by molar-refractivity contribution is 6.05. The number of primary amides is 1. The summed E-state index contributed by atoms with van der Waals surface area (Å²) in [6.45, 7) is 2.03. The smallest absolute Gasteiger partial charge is 0.246 e. The molecule has 4 rings (SSSR count). The van der Waals surface area contributed by atoms with Gasteiger partial charge < -0.3 is 21.3 Å². The first-order chi connectivity index (χ1) is 17.0. The summed E-state index contributed by atoms with van der Waals surface area (Å²) >= 11 is 0. The Morgan fingerprint density at radius 1 is 1.06 bits per heavy atom. The van der Waals surface area contributed by atoms with Gasteiger partial charge in [0, 0.05) is 18.7 Å². The van der Waals surface area contributed by atoms with Crippen molar-refractivity contribution in [3.05, 3.63) is 66.0 Å². The minimum absolute atomic E-state index is 0.0394. The van der Waals surface area contributed by atoms with Crippen molar-refractivity contribution in [2.75, 3.05) is 13.1 Å². The van der Waals surface area contributed by atoms with Crippen LogP contribution >= 0.6 is 0 Å². The fraction of sp³-hybridized carbons (Fsp3) is 0.481. The number of amides is 3. The van der Waals surface area contributed by atoms with Crippen molar-refractivity contribution < 1.29 is 14.4 Å². The van der Waals surface area contributed by atoms with E-state index in [1.807, 2.05) is 53.4 Å². The third kappa shape index (κ3) is 5.88. The molecule has 1 saturated carbocycles. The second kappa shape index (κ2) is 11.4. The van der Waals surface area contributed by atoms with Gasteiger partial charge in [-0.05, 0) is 56.5 Å². The summed E-state index contributed by atoms with van der Waals surface area (Å²) in [7, 11) is 0. The fourth-order valence-corrected chi connectivity index (χ4v) is 5.28. The number of nitrogens with zero attached hydrogens (tertiary/aromatic N) is 2. The van der Waals surface area contributed by atoms with Gasteiger partial charge in [0.05, 0.1) is 12.2 Å². The maximum Gasteiger partial charge on any atom is 0.246 e. The number of benzene rings is 1. The van der Waals surface area contributed by atoms with Gasteiger partial charge in [-0.3, -0.25) is 19.4 Å². The number of carbonyl (C=O) groups excluding carboxylic acids is 3. The van der Waals surface area contributed by atoms with Crippen molar-refractivity contribution in [2.45, 2.75) is 63.6 Å². The predicted octanol–water partition coefficient (Wildman–Crippen LogP) is 1.94. The van der Waals surface area contributed by atoms with Crippen LogP contribution in [0, 0.1) is 5.41 Å². The van der Waals surface area contributed by atoms with E-state index in [0.29, 0.717) is 25.8 Å². The van der Waals surface area contributed by atoms with Gasteiger partial charge in [0.15, 0.2) is 0 Å². The third-order valence-electron chi connectivity index (χ3n) is 7.34. The summed E-state index contributed by atoms with van der Waals surface area (Å²) in [5.41, 5.74) is 6.20. The normalized spacial score (nSPS) is 18.5. The van der Waals surface area contributed by atoms with E-state index < -0.39 is 23.3 Å². The van der Waals surface area contributed by atoms with Crippen LogP contribution in [0.25, 0.3) is 0 Å². The van der Waals surface area contributed by atoms with Gasteiger partial charge in [0.2, 0.25) is 17.7 Å². The monoisotopic (exact) mass is 477 g/mol. The van der Waals surface area contributed by atoms with Crippen LogP contribution in [0.1, 0.15) is 49.8 Å². The lowest BCUT2D eigenvalue weighted by Gasteiger charge is -2.37. The topological polar surface area (TPSA) is 117 Å². The third-order valence-corrected chi connectivity index (χ3v) is 7.34. The summed E-state index contributed by atoms with van der Waals surface area (Å²) in [4.78, 5) is 46.2. The molecule has 8 nitrogen and oxygen atoms in total. The molecule has 35 heavy (non-hydrogen) atoms. The molecule has 1 atom stereocenters. The maximum absolute atomic E-state index is 14.1. The Kier molecular flexibility index (Phi) is 8.13. The largest absolute Gasteiger partial charge is 0.369 e. The number of piperidine rings is 1. The van der Waals surface area contributed by atoms with Gasteiger partial charge >= 0.3 is 0 Å². The molecule has 2 fully saturated rings. The number of hydrogen-bond acceptors (Lipinski definition) is 5. The van der Waals surface area contributed by atoms with E-state index in [0.717, 1.165) is 50.0 Å². The van der Waals surface area contributed by atoms with Crippen molar-refractivity contribution in [3.8, 4) is 0 Å². The number of pyridine rings is 1. The van der Waals surface area contributed by atoms with Gasteiger partial charge in [-0.15, -0.1) is 0 Å². The van der Waals surface area contributed by atoms with Crippen LogP contribution in [0.4, 0.5) is 0 Å². The van der Waals surface area contributed by atoms with Gasteiger partial charge in [-0.1, -0.05) is 49.2 Å². The Hall–Kier alpha value is -3.26. The highest BCUT2D eigenvalue weighted by Crippen LogP contribution is 2.38. The Morgan fingerprint density at radius 2 is 1.74 bits per heavy atom. The lowest BCUT2D eigenvalue weighted by atomic mass is 9.84. The summed E-state index contributed by atoms with van der Waals surface area (Å²) < 4.78 is 0. The summed E-state index contributed by atoms with van der Waals surface area (Å²) in [6.07, 6.45) is 6.11. The summed E-state index contributed by atoms with van der Waals surface area (Å²) in [5.74, 6) is -1.20. The van der Waals surface area contributed by atoms with Crippen LogP contribution in [0.5, 0.6) is 0 Å². The number of rotatable bonds is 9. The van der Waals surface area contributed by atoms with Crippen LogP contribution in [0.15, 0.2) is 54.7 Å². The molecule has 1 saturated heterocycles. The standard InChI is InChI=1S/C27H35N5O3/c28-25(34)27(13-5-6-14-27)26(35)31-23(18-20-8-2-1-3-9-20)24(33)32(22-11-16-29-17-12-22)19-21-10-4-7-15-30-21/h1-4,7-10,15,22-23,29H,5-6,11-14,16-19H2,(H2,28,34)(H,31,35)/t23-/m1/s1. The van der Waals surface area contributed by atoms with E-state index in [-0.39, 0.29) is 11.9 Å². The molecule has 1 aromatic heterocycles. The van der Waals surface area contributed by atoms with E-state index in [1.54, 1.807) is 6.20 Å². The SMILES string of the molecule is NC(=O)C1(C(=O)N[C@H](Cc2ccccc2)C(=O)N(Cc2ccccn2)C2CCNCC2)CCCC1. The molecule has 1 aromatic carbocycles. The Labute approximate surface area is 206 Å². The van der Waals surface area contributed by atoms with Crippen molar-refractivity contribution in [1.82, 2.24) is 20.5 Å². The van der Waals surface area contributed by atoms with Gasteiger partial charge in [0.25, 0.3) is 0 Å². The molecule has 186 valence electrons. The second-order valence-electron chi connectivity index (χ2n) is 9.64. The van der Waals surface area contributed by atoms with Crippen LogP contribution in [0.3, 0.4) is 0 Å². The van der Waals surface area contributed by atoms with Gasteiger partial charge in [-0.25, -0.2) is 0 Å². The Bertz CT molecular complexity index is 1000. The molecule has 0 radical (unpaired) electrons. The molecule has 0 bridgehead atoms. The molecule has 3 amide bonds. The molecule has 0 unspecified atom stereocenters. The summed E-state index contributed by atoms with van der Waals surface area (Å²) in [6, 6.07) is 14.5. The Morgan fingerprint density at radius 3 is 2.37 bits per heavy atom. The molecule has 2 aromatic rings. The minimum Gasteiger partial charge on any atom is -0.369 e. The zero-order chi connectivity index (χ0) is 24.7.